The van der Waals surface area contributed by atoms with Crippen molar-refractivity contribution in [3.63, 3.8) is 0 Å². The SMILES string of the molecule is O=C(O)C(CSC(c1ccccc1)(c1ccccc1)c1ccccc1)Nc1nc2ccc(Cl)cc2o1. The van der Waals surface area contributed by atoms with Crippen molar-refractivity contribution in [3.05, 3.63) is 131 Å². The Kier molecular flexibility index (Phi) is 6.98. The summed E-state index contributed by atoms with van der Waals surface area (Å²) in [6.45, 7) is 0. The number of halogens is 1. The minimum Gasteiger partial charge on any atom is -0.480 e. The molecule has 0 spiro atoms. The van der Waals surface area contributed by atoms with Crippen molar-refractivity contribution in [2.75, 3.05) is 11.1 Å². The fraction of sp³-hybridized carbons (Fsp3) is 0.103. The predicted molar refractivity (Wildman–Crippen MR) is 146 cm³/mol. The molecule has 1 atom stereocenters. The van der Waals surface area contributed by atoms with Gasteiger partial charge in [0.1, 0.15) is 11.6 Å². The number of hydrogen-bond donors (Lipinski definition) is 2. The quantitative estimate of drug-likeness (QED) is 0.205. The predicted octanol–water partition coefficient (Wildman–Crippen LogP) is 7.07. The van der Waals surface area contributed by atoms with Gasteiger partial charge in [-0.25, -0.2) is 4.79 Å². The zero-order valence-electron chi connectivity index (χ0n) is 19.2. The Bertz CT molecular complexity index is 1360. The molecule has 0 aliphatic heterocycles. The van der Waals surface area contributed by atoms with Gasteiger partial charge in [-0.1, -0.05) is 103 Å². The van der Waals surface area contributed by atoms with Crippen molar-refractivity contribution >= 4 is 46.4 Å². The summed E-state index contributed by atoms with van der Waals surface area (Å²) in [5.74, 6) is -0.751. The van der Waals surface area contributed by atoms with Crippen molar-refractivity contribution in [2.24, 2.45) is 0 Å². The number of aromatic nitrogens is 1. The first-order valence-electron chi connectivity index (χ1n) is 11.4. The van der Waals surface area contributed by atoms with Gasteiger partial charge in [0, 0.05) is 16.8 Å². The van der Waals surface area contributed by atoms with E-state index in [1.54, 1.807) is 30.0 Å². The maximum Gasteiger partial charge on any atom is 0.327 e. The fourth-order valence-corrected chi connectivity index (χ4v) is 5.97. The number of benzene rings is 4. The lowest BCUT2D eigenvalue weighted by atomic mass is 9.84. The minimum atomic E-state index is -0.995. The lowest BCUT2D eigenvalue weighted by molar-refractivity contribution is -0.137. The van der Waals surface area contributed by atoms with Gasteiger partial charge < -0.3 is 14.8 Å². The summed E-state index contributed by atoms with van der Waals surface area (Å²) in [6.07, 6.45) is 0. The molecule has 5 rings (SSSR count). The number of rotatable bonds is 9. The highest BCUT2D eigenvalue weighted by molar-refractivity contribution is 8.00. The van der Waals surface area contributed by atoms with E-state index in [2.05, 4.69) is 46.7 Å². The third-order valence-corrected chi connectivity index (χ3v) is 7.83. The van der Waals surface area contributed by atoms with Gasteiger partial charge in [-0.3, -0.25) is 0 Å². The summed E-state index contributed by atoms with van der Waals surface area (Å²) in [4.78, 5) is 16.7. The molecule has 2 N–H and O–H groups in total. The summed E-state index contributed by atoms with van der Waals surface area (Å²) in [5.41, 5.74) is 4.29. The molecule has 0 fully saturated rings. The molecule has 0 radical (unpaired) electrons. The average molecular weight is 515 g/mol. The number of nitrogens with zero attached hydrogens (tertiary/aromatic N) is 1. The van der Waals surface area contributed by atoms with E-state index in [1.165, 1.54) is 0 Å². The number of carboxylic acid groups (broad SMARTS) is 1. The molecule has 180 valence electrons. The summed E-state index contributed by atoms with van der Waals surface area (Å²) >= 11 is 7.61. The maximum atomic E-state index is 12.3. The van der Waals surface area contributed by atoms with Gasteiger partial charge in [-0.15, -0.1) is 11.8 Å². The largest absolute Gasteiger partial charge is 0.480 e. The van der Waals surface area contributed by atoms with Crippen LogP contribution >= 0.6 is 23.4 Å². The lowest BCUT2D eigenvalue weighted by Crippen LogP contribution is -2.35. The molecule has 0 aliphatic rings. The first-order chi connectivity index (χ1) is 17.6. The lowest BCUT2D eigenvalue weighted by Gasteiger charge is -2.36. The number of nitrogens with one attached hydrogen (secondary N) is 1. The van der Waals surface area contributed by atoms with Crippen LogP contribution in [0.3, 0.4) is 0 Å². The first-order valence-corrected chi connectivity index (χ1v) is 12.8. The molecule has 0 aliphatic carbocycles. The number of thioether (sulfide) groups is 1. The van der Waals surface area contributed by atoms with Gasteiger partial charge >= 0.3 is 5.97 Å². The Balaban J connectivity index is 1.53. The number of hydrogen-bond acceptors (Lipinski definition) is 5. The van der Waals surface area contributed by atoms with Crippen LogP contribution in [0.25, 0.3) is 11.1 Å². The first kappa shape index (κ1) is 24.0. The number of carbonyl (C=O) groups is 1. The Morgan fingerprint density at radius 3 is 1.92 bits per heavy atom. The zero-order valence-corrected chi connectivity index (χ0v) is 20.7. The van der Waals surface area contributed by atoms with Crippen LogP contribution in [-0.4, -0.2) is 27.9 Å². The second-order valence-corrected chi connectivity index (χ2v) is 9.93. The molecular weight excluding hydrogens is 492 g/mol. The van der Waals surface area contributed by atoms with E-state index in [0.29, 0.717) is 16.1 Å². The molecule has 5 aromatic rings. The normalized spacial score (nSPS) is 12.4. The summed E-state index contributed by atoms with van der Waals surface area (Å²) in [6, 6.07) is 34.8. The number of anilines is 1. The Morgan fingerprint density at radius 2 is 1.42 bits per heavy atom. The van der Waals surface area contributed by atoms with E-state index >= 15 is 0 Å². The maximum absolute atomic E-state index is 12.3. The molecule has 1 heterocycles. The van der Waals surface area contributed by atoms with Crippen LogP contribution in [0.5, 0.6) is 0 Å². The Labute approximate surface area is 218 Å². The van der Waals surface area contributed by atoms with Crippen LogP contribution in [0.15, 0.2) is 114 Å². The molecular formula is C29H23ClN2O3S. The average Bonchev–Trinajstić information content (AvgIpc) is 3.31. The van der Waals surface area contributed by atoms with Crippen molar-refractivity contribution in [1.29, 1.82) is 0 Å². The summed E-state index contributed by atoms with van der Waals surface area (Å²) < 4.78 is 5.11. The van der Waals surface area contributed by atoms with Crippen LogP contribution < -0.4 is 5.32 Å². The zero-order chi connectivity index (χ0) is 25.0. The number of fused-ring (bicyclic) bond motifs is 1. The Morgan fingerprint density at radius 1 is 0.889 bits per heavy atom. The van der Waals surface area contributed by atoms with Crippen molar-refractivity contribution < 1.29 is 14.3 Å². The van der Waals surface area contributed by atoms with Gasteiger partial charge in [0.15, 0.2) is 5.58 Å². The van der Waals surface area contributed by atoms with Crippen LogP contribution in [-0.2, 0) is 9.54 Å². The number of oxazole rings is 1. The fourth-order valence-electron chi connectivity index (χ4n) is 4.26. The topological polar surface area (TPSA) is 75.4 Å². The van der Waals surface area contributed by atoms with Gasteiger partial charge in [-0.2, -0.15) is 4.98 Å². The second kappa shape index (κ2) is 10.5. The van der Waals surface area contributed by atoms with Gasteiger partial charge in [0.25, 0.3) is 6.01 Å². The van der Waals surface area contributed by atoms with E-state index in [0.717, 1.165) is 16.7 Å². The monoisotopic (exact) mass is 514 g/mol. The summed E-state index contributed by atoms with van der Waals surface area (Å²) in [5, 5.41) is 13.6. The number of carboxylic acids is 1. The van der Waals surface area contributed by atoms with E-state index in [1.807, 2.05) is 54.6 Å². The summed E-state index contributed by atoms with van der Waals surface area (Å²) in [7, 11) is 0. The van der Waals surface area contributed by atoms with E-state index in [-0.39, 0.29) is 11.8 Å². The third-order valence-electron chi connectivity index (χ3n) is 5.95. The standard InChI is InChI=1S/C29H23ClN2O3S/c30-23-16-17-24-26(18-23)35-28(31-24)32-25(27(33)34)19-36-29(20-10-4-1-5-11-20,21-12-6-2-7-13-21)22-14-8-3-9-15-22/h1-18,25H,19H2,(H,31,32)(H,33,34). The molecule has 1 aromatic heterocycles. The highest BCUT2D eigenvalue weighted by Gasteiger charge is 2.38. The molecule has 0 saturated heterocycles. The van der Waals surface area contributed by atoms with Crippen molar-refractivity contribution in [1.82, 2.24) is 4.98 Å². The van der Waals surface area contributed by atoms with Crippen molar-refractivity contribution in [2.45, 2.75) is 10.8 Å². The number of aliphatic carboxylic acids is 1. The molecule has 0 saturated carbocycles. The molecule has 4 aromatic carbocycles. The van der Waals surface area contributed by atoms with Crippen LogP contribution in [0.1, 0.15) is 16.7 Å². The highest BCUT2D eigenvalue weighted by Crippen LogP contribution is 2.48. The van der Waals surface area contributed by atoms with Crippen LogP contribution in [0.4, 0.5) is 6.01 Å². The van der Waals surface area contributed by atoms with Gasteiger partial charge in [0.2, 0.25) is 0 Å². The Hall–Kier alpha value is -3.74. The highest BCUT2D eigenvalue weighted by atomic mass is 35.5. The molecule has 1 unspecified atom stereocenters. The second-order valence-electron chi connectivity index (χ2n) is 8.26. The van der Waals surface area contributed by atoms with E-state index < -0.39 is 16.8 Å². The third kappa shape index (κ3) is 4.83. The smallest absolute Gasteiger partial charge is 0.327 e. The van der Waals surface area contributed by atoms with Crippen LogP contribution in [0, 0.1) is 0 Å². The molecule has 0 bridgehead atoms. The molecule has 36 heavy (non-hydrogen) atoms. The van der Waals surface area contributed by atoms with Crippen molar-refractivity contribution in [3.8, 4) is 0 Å². The van der Waals surface area contributed by atoms with E-state index in [9.17, 15) is 9.90 Å². The molecule has 0 amide bonds. The molecule has 7 heteroatoms. The minimum absolute atomic E-state index is 0.144. The van der Waals surface area contributed by atoms with Crippen LogP contribution in [0.2, 0.25) is 5.02 Å². The van der Waals surface area contributed by atoms with Gasteiger partial charge in [-0.05, 0) is 28.8 Å². The van der Waals surface area contributed by atoms with Gasteiger partial charge in [0.05, 0.1) is 4.75 Å². The molecule has 5 nitrogen and oxygen atoms in total. The van der Waals surface area contributed by atoms with E-state index in [4.69, 9.17) is 16.0 Å².